The first-order valence-corrected chi connectivity index (χ1v) is 9.98. The van der Waals surface area contributed by atoms with Crippen molar-refractivity contribution in [3.8, 4) is 17.2 Å². The fourth-order valence-corrected chi connectivity index (χ4v) is 2.75. The van der Waals surface area contributed by atoms with E-state index >= 15 is 0 Å². The van der Waals surface area contributed by atoms with Crippen LogP contribution in [0.25, 0.3) is 0 Å². The summed E-state index contributed by atoms with van der Waals surface area (Å²) in [7, 11) is 1.57. The van der Waals surface area contributed by atoms with E-state index in [4.69, 9.17) is 25.8 Å². The first-order chi connectivity index (χ1) is 15.0. The minimum absolute atomic E-state index is 0.124. The molecule has 0 unspecified atom stereocenters. The molecule has 31 heavy (non-hydrogen) atoms. The monoisotopic (exact) mass is 438 g/mol. The highest BCUT2D eigenvalue weighted by Crippen LogP contribution is 2.28. The van der Waals surface area contributed by atoms with Gasteiger partial charge in [-0.25, -0.2) is 5.43 Å². The summed E-state index contributed by atoms with van der Waals surface area (Å²) in [6.07, 6.45) is 1.52. The molecule has 0 spiro atoms. The van der Waals surface area contributed by atoms with Gasteiger partial charge in [-0.1, -0.05) is 41.4 Å². The van der Waals surface area contributed by atoms with Gasteiger partial charge in [-0.3, -0.25) is 4.79 Å². The van der Waals surface area contributed by atoms with Crippen molar-refractivity contribution in [1.82, 2.24) is 5.43 Å². The normalized spacial score (nSPS) is 10.7. The lowest BCUT2D eigenvalue weighted by Crippen LogP contribution is -2.24. The molecule has 0 aliphatic rings. The highest BCUT2D eigenvalue weighted by atomic mass is 35.5. The van der Waals surface area contributed by atoms with Gasteiger partial charge in [0.15, 0.2) is 18.1 Å². The maximum Gasteiger partial charge on any atom is 0.277 e. The Bertz CT molecular complexity index is 1030. The molecule has 0 fully saturated rings. The summed E-state index contributed by atoms with van der Waals surface area (Å²) < 4.78 is 16.7. The minimum Gasteiger partial charge on any atom is -0.493 e. The van der Waals surface area contributed by atoms with Crippen molar-refractivity contribution in [3.63, 3.8) is 0 Å². The van der Waals surface area contributed by atoms with E-state index in [-0.39, 0.29) is 12.5 Å². The standard InChI is InChI=1S/C24H23ClN2O4/c1-17-3-10-21(11-4-17)30-16-24(28)27-26-14-19-7-12-22(23(13-19)29-2)31-15-18-5-8-20(25)9-6-18/h3-14H,15-16H2,1-2H3,(H,27,28). The molecule has 0 aliphatic carbocycles. The Hall–Kier alpha value is -3.51. The number of nitrogens with one attached hydrogen (secondary N) is 1. The molecule has 0 aromatic heterocycles. The van der Waals surface area contributed by atoms with E-state index < -0.39 is 0 Å². The van der Waals surface area contributed by atoms with E-state index in [1.807, 2.05) is 61.5 Å². The number of amides is 1. The molecule has 0 heterocycles. The van der Waals surface area contributed by atoms with Gasteiger partial charge in [0.2, 0.25) is 0 Å². The van der Waals surface area contributed by atoms with Gasteiger partial charge in [0.05, 0.1) is 13.3 Å². The Labute approximate surface area is 186 Å². The number of hydrogen-bond acceptors (Lipinski definition) is 5. The first-order valence-electron chi connectivity index (χ1n) is 9.60. The van der Waals surface area contributed by atoms with Gasteiger partial charge < -0.3 is 14.2 Å². The SMILES string of the molecule is COc1cc(C=NNC(=O)COc2ccc(C)cc2)ccc1OCc1ccc(Cl)cc1. The third-order valence-corrected chi connectivity index (χ3v) is 4.54. The first kappa shape index (κ1) is 22.2. The molecule has 3 rings (SSSR count). The number of hydrazone groups is 1. The number of benzene rings is 3. The number of ether oxygens (including phenoxy) is 3. The molecule has 3 aromatic rings. The third kappa shape index (κ3) is 7.04. The molecule has 7 heteroatoms. The molecule has 6 nitrogen and oxygen atoms in total. The number of methoxy groups -OCH3 is 1. The number of halogens is 1. The number of rotatable bonds is 9. The Morgan fingerprint density at radius 3 is 2.45 bits per heavy atom. The molecule has 0 atom stereocenters. The molecular formula is C24H23ClN2O4. The average Bonchev–Trinajstić information content (AvgIpc) is 2.78. The van der Waals surface area contributed by atoms with Crippen LogP contribution in [0.3, 0.4) is 0 Å². The van der Waals surface area contributed by atoms with Crippen LogP contribution in [0.5, 0.6) is 17.2 Å². The molecule has 0 saturated heterocycles. The fourth-order valence-electron chi connectivity index (χ4n) is 2.62. The quantitative estimate of drug-likeness (QED) is 0.386. The molecular weight excluding hydrogens is 416 g/mol. The van der Waals surface area contributed by atoms with Gasteiger partial charge in [0.1, 0.15) is 12.4 Å². The van der Waals surface area contributed by atoms with E-state index in [1.54, 1.807) is 19.2 Å². The van der Waals surface area contributed by atoms with Gasteiger partial charge in [-0.05, 0) is 60.5 Å². The molecule has 3 aromatic carbocycles. The molecule has 0 radical (unpaired) electrons. The van der Waals surface area contributed by atoms with Gasteiger partial charge in [-0.2, -0.15) is 5.10 Å². The zero-order valence-corrected chi connectivity index (χ0v) is 18.1. The van der Waals surface area contributed by atoms with E-state index in [0.717, 1.165) is 16.7 Å². The van der Waals surface area contributed by atoms with Crippen molar-refractivity contribution in [1.29, 1.82) is 0 Å². The highest BCUT2D eigenvalue weighted by Gasteiger charge is 2.06. The lowest BCUT2D eigenvalue weighted by molar-refractivity contribution is -0.123. The van der Waals surface area contributed by atoms with Gasteiger partial charge in [0.25, 0.3) is 5.91 Å². The number of nitrogens with zero attached hydrogens (tertiary/aromatic N) is 1. The number of aryl methyl sites for hydroxylation is 1. The molecule has 0 bridgehead atoms. The van der Waals surface area contributed by atoms with Crippen LogP contribution < -0.4 is 19.6 Å². The van der Waals surface area contributed by atoms with Crippen LogP contribution in [0.1, 0.15) is 16.7 Å². The summed E-state index contributed by atoms with van der Waals surface area (Å²) in [6, 6.07) is 20.3. The van der Waals surface area contributed by atoms with Gasteiger partial charge >= 0.3 is 0 Å². The smallest absolute Gasteiger partial charge is 0.277 e. The second-order valence-corrected chi connectivity index (χ2v) is 7.16. The largest absolute Gasteiger partial charge is 0.493 e. The van der Waals surface area contributed by atoms with Crippen molar-refractivity contribution in [3.05, 3.63) is 88.4 Å². The van der Waals surface area contributed by atoms with Crippen molar-refractivity contribution >= 4 is 23.7 Å². The maximum absolute atomic E-state index is 11.9. The summed E-state index contributed by atoms with van der Waals surface area (Å²) >= 11 is 5.90. The Kier molecular flexibility index (Phi) is 7.90. The van der Waals surface area contributed by atoms with Crippen molar-refractivity contribution in [2.45, 2.75) is 13.5 Å². The van der Waals surface area contributed by atoms with Crippen LogP contribution >= 0.6 is 11.6 Å². The zero-order chi connectivity index (χ0) is 22.1. The summed E-state index contributed by atoms with van der Waals surface area (Å²) in [5, 5.41) is 4.64. The van der Waals surface area contributed by atoms with Gasteiger partial charge in [0, 0.05) is 5.02 Å². The van der Waals surface area contributed by atoms with Crippen molar-refractivity contribution in [2.75, 3.05) is 13.7 Å². The molecule has 160 valence electrons. The summed E-state index contributed by atoms with van der Waals surface area (Å²) in [6.45, 7) is 2.25. The maximum atomic E-state index is 11.9. The van der Waals surface area contributed by atoms with Crippen LogP contribution in [0, 0.1) is 6.92 Å². The fraction of sp³-hybridized carbons (Fsp3) is 0.167. The predicted octanol–water partition coefficient (Wildman–Crippen LogP) is 4.77. The van der Waals surface area contributed by atoms with Crippen LogP contribution in [-0.2, 0) is 11.4 Å². The minimum atomic E-state index is -0.355. The number of carbonyl (C=O) groups is 1. The second-order valence-electron chi connectivity index (χ2n) is 6.72. The molecule has 1 amide bonds. The third-order valence-electron chi connectivity index (χ3n) is 4.29. The summed E-state index contributed by atoms with van der Waals surface area (Å²) in [4.78, 5) is 11.9. The second kappa shape index (κ2) is 11.0. The molecule has 0 saturated carbocycles. The molecule has 1 N–H and O–H groups in total. The topological polar surface area (TPSA) is 69.2 Å². The lowest BCUT2D eigenvalue weighted by Gasteiger charge is -2.11. The van der Waals surface area contributed by atoms with Crippen molar-refractivity contribution < 1.29 is 19.0 Å². The van der Waals surface area contributed by atoms with E-state index in [1.165, 1.54) is 6.21 Å². The average molecular weight is 439 g/mol. The highest BCUT2D eigenvalue weighted by molar-refractivity contribution is 6.30. The zero-order valence-electron chi connectivity index (χ0n) is 17.3. The van der Waals surface area contributed by atoms with Crippen LogP contribution in [-0.4, -0.2) is 25.8 Å². The molecule has 0 aliphatic heterocycles. The Morgan fingerprint density at radius 2 is 1.74 bits per heavy atom. The van der Waals surface area contributed by atoms with Crippen LogP contribution in [0.4, 0.5) is 0 Å². The van der Waals surface area contributed by atoms with Crippen LogP contribution in [0.15, 0.2) is 71.8 Å². The lowest BCUT2D eigenvalue weighted by atomic mass is 10.2. The summed E-state index contributed by atoms with van der Waals surface area (Å²) in [5.74, 6) is 1.44. The van der Waals surface area contributed by atoms with Crippen LogP contribution in [0.2, 0.25) is 5.02 Å². The van der Waals surface area contributed by atoms with E-state index in [0.29, 0.717) is 28.9 Å². The van der Waals surface area contributed by atoms with Crippen molar-refractivity contribution in [2.24, 2.45) is 5.10 Å². The van der Waals surface area contributed by atoms with Gasteiger partial charge in [-0.15, -0.1) is 0 Å². The number of hydrogen-bond donors (Lipinski definition) is 1. The van der Waals surface area contributed by atoms with E-state index in [2.05, 4.69) is 10.5 Å². The Morgan fingerprint density at radius 1 is 1.00 bits per heavy atom. The predicted molar refractivity (Wildman–Crippen MR) is 121 cm³/mol. The Balaban J connectivity index is 1.51. The summed E-state index contributed by atoms with van der Waals surface area (Å²) in [5.41, 5.74) is 5.30. The van der Waals surface area contributed by atoms with E-state index in [9.17, 15) is 4.79 Å². The number of carbonyl (C=O) groups excluding carboxylic acids is 1.